The molecule has 1 aromatic rings. The minimum atomic E-state index is -0.379. The molecule has 1 unspecified atom stereocenters. The third-order valence-electron chi connectivity index (χ3n) is 2.70. The van der Waals surface area contributed by atoms with E-state index >= 15 is 0 Å². The van der Waals surface area contributed by atoms with Gasteiger partial charge in [0.05, 0.1) is 12.4 Å². The van der Waals surface area contributed by atoms with Crippen molar-refractivity contribution < 1.29 is 4.39 Å². The molecular formula is C10H14FN3. The molecule has 0 radical (unpaired) electrons. The lowest BCUT2D eigenvalue weighted by molar-refractivity contribution is 0.346. The Bertz CT molecular complexity index is 310. The third kappa shape index (κ3) is 1.56. The molecule has 1 saturated heterocycles. The van der Waals surface area contributed by atoms with Gasteiger partial charge in [0.2, 0.25) is 5.95 Å². The van der Waals surface area contributed by atoms with Crippen LogP contribution >= 0.6 is 0 Å². The highest BCUT2D eigenvalue weighted by Crippen LogP contribution is 2.27. The van der Waals surface area contributed by atoms with Crippen molar-refractivity contribution in [2.24, 2.45) is 5.92 Å². The summed E-state index contributed by atoms with van der Waals surface area (Å²) in [4.78, 5) is 10.1. The third-order valence-corrected chi connectivity index (χ3v) is 2.70. The average Bonchev–Trinajstić information content (AvgIpc) is 2.05. The number of halogens is 1. The van der Waals surface area contributed by atoms with Gasteiger partial charge in [-0.3, -0.25) is 0 Å². The maximum Gasteiger partial charge on any atom is 0.225 e. The van der Waals surface area contributed by atoms with Gasteiger partial charge in [-0.25, -0.2) is 14.4 Å². The van der Waals surface area contributed by atoms with Crippen LogP contribution in [-0.4, -0.2) is 22.6 Å². The summed E-state index contributed by atoms with van der Waals surface area (Å²) in [7, 11) is 0. The Morgan fingerprint density at radius 1 is 1.43 bits per heavy atom. The molecule has 1 aliphatic rings. The highest BCUT2D eigenvalue weighted by molar-refractivity contribution is 5.35. The van der Waals surface area contributed by atoms with Crippen LogP contribution in [0.4, 0.5) is 10.3 Å². The fraction of sp³-hybridized carbons (Fsp3) is 0.600. The number of aromatic nitrogens is 2. The molecule has 4 heteroatoms. The molecule has 0 spiro atoms. The van der Waals surface area contributed by atoms with Gasteiger partial charge in [0.15, 0.2) is 5.82 Å². The summed E-state index contributed by atoms with van der Waals surface area (Å²) in [5, 5.41) is 0. The zero-order chi connectivity index (χ0) is 10.1. The lowest BCUT2D eigenvalue weighted by atomic mass is 9.92. The summed E-state index contributed by atoms with van der Waals surface area (Å²) >= 11 is 0. The standard InChI is InChI=1S/C10H14FN3/c1-7(2)9-3-4-14(9)10-12-5-8(11)6-13-10/h5-7,9H,3-4H2,1-2H3. The molecule has 1 aromatic heterocycles. The first-order valence-electron chi connectivity index (χ1n) is 4.92. The second-order valence-electron chi connectivity index (χ2n) is 3.99. The van der Waals surface area contributed by atoms with E-state index < -0.39 is 0 Å². The van der Waals surface area contributed by atoms with Crippen LogP contribution in [0, 0.1) is 11.7 Å². The summed E-state index contributed by atoms with van der Waals surface area (Å²) in [5.74, 6) is 0.865. The van der Waals surface area contributed by atoms with Crippen LogP contribution in [-0.2, 0) is 0 Å². The Morgan fingerprint density at radius 3 is 2.50 bits per heavy atom. The minimum Gasteiger partial charge on any atom is -0.337 e. The number of rotatable bonds is 2. The van der Waals surface area contributed by atoms with Crippen molar-refractivity contribution in [2.45, 2.75) is 26.3 Å². The zero-order valence-electron chi connectivity index (χ0n) is 8.44. The van der Waals surface area contributed by atoms with Crippen LogP contribution in [0.15, 0.2) is 12.4 Å². The number of nitrogens with zero attached hydrogens (tertiary/aromatic N) is 3. The van der Waals surface area contributed by atoms with E-state index in [1.165, 1.54) is 18.8 Å². The van der Waals surface area contributed by atoms with Crippen molar-refractivity contribution in [1.82, 2.24) is 9.97 Å². The SMILES string of the molecule is CC(C)C1CCN1c1ncc(F)cn1. The van der Waals surface area contributed by atoms with Crippen molar-refractivity contribution in [1.29, 1.82) is 0 Å². The molecule has 14 heavy (non-hydrogen) atoms. The molecule has 0 N–H and O–H groups in total. The van der Waals surface area contributed by atoms with Gasteiger partial charge in [-0.1, -0.05) is 13.8 Å². The van der Waals surface area contributed by atoms with Crippen LogP contribution < -0.4 is 4.90 Å². The first-order chi connectivity index (χ1) is 6.68. The molecule has 2 rings (SSSR count). The van der Waals surface area contributed by atoms with Gasteiger partial charge in [-0.2, -0.15) is 0 Å². The molecule has 0 amide bonds. The fourth-order valence-electron chi connectivity index (χ4n) is 1.80. The molecule has 0 aromatic carbocycles. The van der Waals surface area contributed by atoms with Crippen LogP contribution in [0.25, 0.3) is 0 Å². The van der Waals surface area contributed by atoms with Crippen LogP contribution in [0.1, 0.15) is 20.3 Å². The summed E-state index contributed by atoms with van der Waals surface area (Å²) in [6, 6.07) is 0.514. The molecule has 1 atom stereocenters. The van der Waals surface area contributed by atoms with E-state index in [2.05, 4.69) is 28.7 Å². The molecule has 2 heterocycles. The Labute approximate surface area is 83.0 Å². The maximum absolute atomic E-state index is 12.6. The number of hydrogen-bond acceptors (Lipinski definition) is 3. The fourth-order valence-corrected chi connectivity index (χ4v) is 1.80. The molecule has 0 bridgehead atoms. The van der Waals surface area contributed by atoms with Crippen LogP contribution in [0.5, 0.6) is 0 Å². The van der Waals surface area contributed by atoms with Gasteiger partial charge in [-0.15, -0.1) is 0 Å². The van der Waals surface area contributed by atoms with Gasteiger partial charge < -0.3 is 4.90 Å². The van der Waals surface area contributed by atoms with Gasteiger partial charge in [0.1, 0.15) is 0 Å². The van der Waals surface area contributed by atoms with E-state index in [9.17, 15) is 4.39 Å². The molecule has 3 nitrogen and oxygen atoms in total. The second kappa shape index (κ2) is 3.52. The van der Waals surface area contributed by atoms with E-state index in [0.717, 1.165) is 6.54 Å². The Kier molecular flexibility index (Phi) is 2.35. The number of anilines is 1. The lowest BCUT2D eigenvalue weighted by Gasteiger charge is -2.43. The van der Waals surface area contributed by atoms with Gasteiger partial charge in [0.25, 0.3) is 0 Å². The normalized spacial score (nSPS) is 21.1. The first-order valence-corrected chi connectivity index (χ1v) is 4.92. The molecule has 0 saturated carbocycles. The zero-order valence-corrected chi connectivity index (χ0v) is 8.44. The van der Waals surface area contributed by atoms with Crippen molar-refractivity contribution in [2.75, 3.05) is 11.4 Å². The molecule has 1 aliphatic heterocycles. The van der Waals surface area contributed by atoms with E-state index in [4.69, 9.17) is 0 Å². The van der Waals surface area contributed by atoms with Crippen LogP contribution in [0.3, 0.4) is 0 Å². The largest absolute Gasteiger partial charge is 0.337 e. The highest BCUT2D eigenvalue weighted by atomic mass is 19.1. The maximum atomic E-state index is 12.6. The van der Waals surface area contributed by atoms with Crippen molar-refractivity contribution >= 4 is 5.95 Å². The average molecular weight is 195 g/mol. The van der Waals surface area contributed by atoms with Crippen LogP contribution in [0.2, 0.25) is 0 Å². The van der Waals surface area contributed by atoms with E-state index in [1.54, 1.807) is 0 Å². The quantitative estimate of drug-likeness (QED) is 0.721. The highest BCUT2D eigenvalue weighted by Gasteiger charge is 2.32. The Hall–Kier alpha value is -1.19. The molecule has 1 fully saturated rings. The van der Waals surface area contributed by atoms with Gasteiger partial charge in [0, 0.05) is 12.6 Å². The monoisotopic (exact) mass is 195 g/mol. The number of hydrogen-bond donors (Lipinski definition) is 0. The topological polar surface area (TPSA) is 29.0 Å². The lowest BCUT2D eigenvalue weighted by Crippen LogP contribution is -2.51. The summed E-state index contributed by atoms with van der Waals surface area (Å²) in [5.41, 5.74) is 0. The predicted octanol–water partition coefficient (Wildman–Crippen LogP) is 1.85. The van der Waals surface area contributed by atoms with Crippen molar-refractivity contribution in [3.63, 3.8) is 0 Å². The smallest absolute Gasteiger partial charge is 0.225 e. The minimum absolute atomic E-state index is 0.379. The van der Waals surface area contributed by atoms with Crippen molar-refractivity contribution in [3.8, 4) is 0 Å². The predicted molar refractivity (Wildman–Crippen MR) is 52.6 cm³/mol. The molecule has 0 aliphatic carbocycles. The van der Waals surface area contributed by atoms with E-state index in [-0.39, 0.29) is 5.82 Å². The Balaban J connectivity index is 2.12. The molecular weight excluding hydrogens is 181 g/mol. The summed E-state index contributed by atoms with van der Waals surface area (Å²) < 4.78 is 12.6. The summed E-state index contributed by atoms with van der Waals surface area (Å²) in [6.07, 6.45) is 3.62. The van der Waals surface area contributed by atoms with Crippen molar-refractivity contribution in [3.05, 3.63) is 18.2 Å². The molecule has 76 valence electrons. The summed E-state index contributed by atoms with van der Waals surface area (Å²) in [6.45, 7) is 5.34. The second-order valence-corrected chi connectivity index (χ2v) is 3.99. The van der Waals surface area contributed by atoms with Gasteiger partial charge >= 0.3 is 0 Å². The Morgan fingerprint density at radius 2 is 2.07 bits per heavy atom. The van der Waals surface area contributed by atoms with E-state index in [0.29, 0.717) is 17.9 Å². The van der Waals surface area contributed by atoms with E-state index in [1.807, 2.05) is 0 Å². The first kappa shape index (κ1) is 9.37. The van der Waals surface area contributed by atoms with Gasteiger partial charge in [-0.05, 0) is 12.3 Å².